The number of esters is 1. The van der Waals surface area contributed by atoms with E-state index in [4.69, 9.17) is 14.2 Å². The molecule has 0 amide bonds. The van der Waals surface area contributed by atoms with Crippen LogP contribution >= 0.6 is 0 Å². The molecule has 0 aromatic rings. The molecule has 3 saturated carbocycles. The zero-order chi connectivity index (χ0) is 38.9. The van der Waals surface area contributed by atoms with Crippen molar-refractivity contribution in [1.82, 2.24) is 0 Å². The number of aliphatic hydroxyl groups is 3. The summed E-state index contributed by atoms with van der Waals surface area (Å²) in [6, 6.07) is 0. The van der Waals surface area contributed by atoms with Gasteiger partial charge in [0.1, 0.15) is 31.0 Å². The summed E-state index contributed by atoms with van der Waals surface area (Å²) in [7, 11) is 0. The van der Waals surface area contributed by atoms with Gasteiger partial charge < -0.3 is 29.5 Å². The normalized spacial score (nSPS) is 38.4. The Bertz CT molecular complexity index is 1170. The van der Waals surface area contributed by atoms with Crippen LogP contribution in [0.5, 0.6) is 0 Å². The Morgan fingerprint density at radius 2 is 1.50 bits per heavy atom. The molecule has 5 aliphatic rings. The highest BCUT2D eigenvalue weighted by Crippen LogP contribution is 2.67. The molecule has 7 nitrogen and oxygen atoms in total. The van der Waals surface area contributed by atoms with Crippen LogP contribution in [0.1, 0.15) is 189 Å². The summed E-state index contributed by atoms with van der Waals surface area (Å²) in [4.78, 5) is 12.5. The maximum atomic E-state index is 12.5. The maximum absolute atomic E-state index is 12.5. The smallest absolute Gasteiger partial charge is 0.305 e. The van der Waals surface area contributed by atoms with Crippen LogP contribution in [0.4, 0.5) is 0 Å². The lowest BCUT2D eigenvalue weighted by Crippen LogP contribution is -2.60. The van der Waals surface area contributed by atoms with Crippen molar-refractivity contribution < 1.29 is 34.3 Å². The van der Waals surface area contributed by atoms with Gasteiger partial charge in [0, 0.05) is 6.42 Å². The Morgan fingerprint density at radius 3 is 2.19 bits per heavy atom. The molecule has 1 heterocycles. The molecule has 5 rings (SSSR count). The van der Waals surface area contributed by atoms with Gasteiger partial charge in [-0.2, -0.15) is 0 Å². The van der Waals surface area contributed by atoms with E-state index < -0.39 is 30.7 Å². The van der Waals surface area contributed by atoms with Gasteiger partial charge in [-0.05, 0) is 104 Å². The summed E-state index contributed by atoms with van der Waals surface area (Å²) in [6.45, 7) is 14.5. The van der Waals surface area contributed by atoms with Crippen LogP contribution in [-0.4, -0.2) is 64.7 Å². The third kappa shape index (κ3) is 10.7. The van der Waals surface area contributed by atoms with Crippen molar-refractivity contribution in [3.8, 4) is 0 Å². The van der Waals surface area contributed by atoms with Crippen LogP contribution in [0.25, 0.3) is 0 Å². The predicted octanol–water partition coefficient (Wildman–Crippen LogP) is 10.5. The Kier molecular flexibility index (Phi) is 16.8. The number of rotatable bonds is 21. The number of hydrogen-bond donors (Lipinski definition) is 3. The van der Waals surface area contributed by atoms with Crippen molar-refractivity contribution in [2.24, 2.45) is 46.3 Å². The quantitative estimate of drug-likeness (QED) is 0.0608. The van der Waals surface area contributed by atoms with E-state index in [1.165, 1.54) is 102 Å². The first-order valence-electron chi connectivity index (χ1n) is 23.1. The highest BCUT2D eigenvalue weighted by atomic mass is 16.7. The molecule has 1 aliphatic heterocycles. The van der Waals surface area contributed by atoms with Crippen LogP contribution in [0.3, 0.4) is 0 Å². The van der Waals surface area contributed by atoms with Crippen LogP contribution in [0.15, 0.2) is 11.6 Å². The van der Waals surface area contributed by atoms with Gasteiger partial charge in [-0.3, -0.25) is 4.79 Å². The van der Waals surface area contributed by atoms with E-state index in [0.29, 0.717) is 17.8 Å². The molecule has 4 fully saturated rings. The molecule has 1 saturated heterocycles. The van der Waals surface area contributed by atoms with Gasteiger partial charge in [0.25, 0.3) is 0 Å². The van der Waals surface area contributed by atoms with E-state index in [0.717, 1.165) is 74.5 Å². The second kappa shape index (κ2) is 20.6. The van der Waals surface area contributed by atoms with Crippen LogP contribution < -0.4 is 0 Å². The molecule has 0 unspecified atom stereocenters. The predicted molar refractivity (Wildman–Crippen MR) is 217 cm³/mol. The Morgan fingerprint density at radius 1 is 0.815 bits per heavy atom. The number of aliphatic hydroxyl groups excluding tert-OH is 3. The minimum Gasteiger partial charge on any atom is -0.463 e. The fourth-order valence-corrected chi connectivity index (χ4v) is 12.3. The summed E-state index contributed by atoms with van der Waals surface area (Å²) < 4.78 is 18.0. The standard InChI is InChI=1S/C47H82O7/c1-7-8-9-10-11-12-13-14-15-16-17-21-41(48)52-31-40-42(49)43(50)44(51)45(54-40)53-35-26-28-46(5)34(30-35)22-23-36-38-25-24-37(33(4)20-18-19-32(2)3)47(38,6)29-27-39(36)46/h22,32-33,35-40,42-45,49-51H,7-21,23-31H2,1-6H3/t33-,35+,36+,37-,38+,39+,40-,42+,43+,44-,45+,46+,47-/m1/s1. The van der Waals surface area contributed by atoms with Crippen LogP contribution in [-0.2, 0) is 19.0 Å². The molecule has 13 atom stereocenters. The van der Waals surface area contributed by atoms with Crippen molar-refractivity contribution in [2.75, 3.05) is 6.61 Å². The zero-order valence-corrected chi connectivity index (χ0v) is 35.5. The molecular weight excluding hydrogens is 677 g/mol. The minimum absolute atomic E-state index is 0.136. The first-order valence-corrected chi connectivity index (χ1v) is 23.1. The average Bonchev–Trinajstić information content (AvgIpc) is 3.50. The summed E-state index contributed by atoms with van der Waals surface area (Å²) in [5.74, 6) is 4.45. The molecule has 0 radical (unpaired) electrons. The number of carbonyl (C=O) groups excluding carboxylic acids is 1. The van der Waals surface area contributed by atoms with Crippen molar-refractivity contribution in [1.29, 1.82) is 0 Å². The molecular formula is C47H82O7. The van der Waals surface area contributed by atoms with E-state index in [2.05, 4.69) is 47.6 Å². The fraction of sp³-hybridized carbons (Fsp3) is 0.936. The summed E-state index contributed by atoms with van der Waals surface area (Å²) in [5, 5.41) is 32.4. The summed E-state index contributed by atoms with van der Waals surface area (Å²) in [5.41, 5.74) is 2.15. The van der Waals surface area contributed by atoms with Gasteiger partial charge in [0.2, 0.25) is 0 Å². The van der Waals surface area contributed by atoms with Crippen molar-refractivity contribution >= 4 is 5.97 Å². The molecule has 7 heteroatoms. The lowest BCUT2D eigenvalue weighted by molar-refractivity contribution is -0.313. The summed E-state index contributed by atoms with van der Waals surface area (Å²) >= 11 is 0. The SMILES string of the molecule is CCCCCCCCCCCCCC(=O)OC[C@H]1O[C@H](O[C@H]2CC[C@@]3(C)C(=CC[C@H]4[C@@H]5CC[C@H]([C@H](C)CCCC(C)C)[C@@]5(C)CC[C@@H]43)C2)[C@H](O)[C@@H](O)[C@H]1O. The third-order valence-corrected chi connectivity index (χ3v) is 15.6. The number of carbonyl (C=O) groups is 1. The number of allylic oxidation sites excluding steroid dienone is 1. The molecule has 54 heavy (non-hydrogen) atoms. The van der Waals surface area contributed by atoms with Gasteiger partial charge in [0.05, 0.1) is 6.10 Å². The third-order valence-electron chi connectivity index (χ3n) is 15.6. The first-order chi connectivity index (χ1) is 25.9. The lowest BCUT2D eigenvalue weighted by atomic mass is 9.47. The monoisotopic (exact) mass is 759 g/mol. The Balaban J connectivity index is 1.06. The largest absolute Gasteiger partial charge is 0.463 e. The molecule has 3 N–H and O–H groups in total. The second-order valence-electron chi connectivity index (χ2n) is 19.8. The Labute approximate surface area is 330 Å². The van der Waals surface area contributed by atoms with Crippen LogP contribution in [0, 0.1) is 46.3 Å². The number of fused-ring (bicyclic) bond motifs is 5. The van der Waals surface area contributed by atoms with E-state index >= 15 is 0 Å². The summed E-state index contributed by atoms with van der Waals surface area (Å²) in [6.07, 6.45) is 23.4. The topological polar surface area (TPSA) is 105 Å². The van der Waals surface area contributed by atoms with Gasteiger partial charge in [-0.15, -0.1) is 0 Å². The van der Waals surface area contributed by atoms with Gasteiger partial charge in [-0.1, -0.05) is 137 Å². The fourth-order valence-electron chi connectivity index (χ4n) is 12.3. The maximum Gasteiger partial charge on any atom is 0.305 e. The van der Waals surface area contributed by atoms with Crippen molar-refractivity contribution in [3.63, 3.8) is 0 Å². The molecule has 0 spiro atoms. The molecule has 0 aromatic heterocycles. The van der Waals surface area contributed by atoms with Crippen molar-refractivity contribution in [2.45, 2.75) is 226 Å². The zero-order valence-electron chi connectivity index (χ0n) is 35.5. The lowest BCUT2D eigenvalue weighted by Gasteiger charge is -2.58. The highest BCUT2D eigenvalue weighted by molar-refractivity contribution is 5.69. The van der Waals surface area contributed by atoms with E-state index in [9.17, 15) is 20.1 Å². The second-order valence-corrected chi connectivity index (χ2v) is 19.8. The molecule has 4 aliphatic carbocycles. The minimum atomic E-state index is -1.44. The molecule has 312 valence electrons. The van der Waals surface area contributed by atoms with E-state index in [1.807, 2.05) is 0 Å². The number of unbranched alkanes of at least 4 members (excludes halogenated alkanes) is 10. The van der Waals surface area contributed by atoms with Crippen molar-refractivity contribution in [3.05, 3.63) is 11.6 Å². The Hall–Kier alpha value is -0.990. The van der Waals surface area contributed by atoms with Gasteiger partial charge in [-0.25, -0.2) is 0 Å². The van der Waals surface area contributed by atoms with E-state index in [-0.39, 0.29) is 24.1 Å². The number of ether oxygens (including phenoxy) is 3. The van der Waals surface area contributed by atoms with E-state index in [1.54, 1.807) is 0 Å². The van der Waals surface area contributed by atoms with Crippen LogP contribution in [0.2, 0.25) is 0 Å². The highest BCUT2D eigenvalue weighted by Gasteiger charge is 2.59. The van der Waals surface area contributed by atoms with Gasteiger partial charge in [0.15, 0.2) is 6.29 Å². The molecule has 0 bridgehead atoms. The molecule has 0 aromatic carbocycles. The van der Waals surface area contributed by atoms with Gasteiger partial charge >= 0.3 is 5.97 Å². The average molecular weight is 759 g/mol. The first kappa shape index (κ1) is 44.1. The number of hydrogen-bond acceptors (Lipinski definition) is 7.